The van der Waals surface area contributed by atoms with Crippen molar-refractivity contribution < 1.29 is 0 Å². The van der Waals surface area contributed by atoms with Crippen molar-refractivity contribution in [3.63, 3.8) is 0 Å². The molecular weight excluding hydrogens is 210 g/mol. The van der Waals surface area contributed by atoms with Crippen LogP contribution in [0.3, 0.4) is 0 Å². The van der Waals surface area contributed by atoms with Crippen molar-refractivity contribution in [1.29, 1.82) is 0 Å². The highest BCUT2D eigenvalue weighted by Gasteiger charge is 2.13. The standard InChI is InChI=1S/C14H25N3/c1-7-11-10(2)13(15-6)17-12(16-11)8-9-14(3,4)5/h7-9H2,1-6H3,(H,15,16,17). The van der Waals surface area contributed by atoms with Crippen LogP contribution >= 0.6 is 0 Å². The molecule has 1 N–H and O–H groups in total. The molecular formula is C14H25N3. The van der Waals surface area contributed by atoms with E-state index in [4.69, 9.17) is 0 Å². The zero-order valence-corrected chi connectivity index (χ0v) is 12.0. The average molecular weight is 235 g/mol. The molecule has 0 spiro atoms. The van der Waals surface area contributed by atoms with Crippen molar-refractivity contribution in [2.75, 3.05) is 12.4 Å². The van der Waals surface area contributed by atoms with Crippen LogP contribution in [0.5, 0.6) is 0 Å². The highest BCUT2D eigenvalue weighted by atomic mass is 15.0. The van der Waals surface area contributed by atoms with Gasteiger partial charge in [-0.05, 0) is 25.2 Å². The van der Waals surface area contributed by atoms with E-state index in [0.717, 1.165) is 36.6 Å². The fraction of sp³-hybridized carbons (Fsp3) is 0.714. The first-order valence-corrected chi connectivity index (χ1v) is 6.41. The van der Waals surface area contributed by atoms with Gasteiger partial charge >= 0.3 is 0 Å². The van der Waals surface area contributed by atoms with Gasteiger partial charge in [0.1, 0.15) is 11.6 Å². The van der Waals surface area contributed by atoms with Gasteiger partial charge in [0.05, 0.1) is 0 Å². The lowest BCUT2D eigenvalue weighted by Crippen LogP contribution is -2.11. The lowest BCUT2D eigenvalue weighted by Gasteiger charge is -2.18. The molecule has 1 rings (SSSR count). The molecule has 3 heteroatoms. The Morgan fingerprint density at radius 3 is 2.29 bits per heavy atom. The van der Waals surface area contributed by atoms with E-state index in [1.54, 1.807) is 0 Å². The summed E-state index contributed by atoms with van der Waals surface area (Å²) in [4.78, 5) is 9.23. The summed E-state index contributed by atoms with van der Waals surface area (Å²) in [7, 11) is 1.92. The van der Waals surface area contributed by atoms with Crippen molar-refractivity contribution in [1.82, 2.24) is 9.97 Å². The van der Waals surface area contributed by atoms with Gasteiger partial charge in [-0.3, -0.25) is 0 Å². The Hall–Kier alpha value is -1.12. The van der Waals surface area contributed by atoms with Crippen molar-refractivity contribution in [2.45, 2.75) is 53.9 Å². The summed E-state index contributed by atoms with van der Waals surface area (Å²) in [6, 6.07) is 0. The van der Waals surface area contributed by atoms with E-state index >= 15 is 0 Å². The average Bonchev–Trinajstić information content (AvgIpc) is 2.26. The number of aryl methyl sites for hydroxylation is 2. The topological polar surface area (TPSA) is 37.8 Å². The molecule has 3 nitrogen and oxygen atoms in total. The van der Waals surface area contributed by atoms with E-state index in [-0.39, 0.29) is 0 Å². The van der Waals surface area contributed by atoms with Crippen molar-refractivity contribution >= 4 is 5.82 Å². The van der Waals surface area contributed by atoms with Crippen LogP contribution in [0.4, 0.5) is 5.82 Å². The van der Waals surface area contributed by atoms with Crippen LogP contribution < -0.4 is 5.32 Å². The lowest BCUT2D eigenvalue weighted by atomic mass is 9.90. The quantitative estimate of drug-likeness (QED) is 0.869. The third-order valence-electron chi connectivity index (χ3n) is 2.96. The summed E-state index contributed by atoms with van der Waals surface area (Å²) in [5.74, 6) is 1.94. The number of anilines is 1. The van der Waals surface area contributed by atoms with Gasteiger partial charge in [0.25, 0.3) is 0 Å². The van der Waals surface area contributed by atoms with Gasteiger partial charge in [0, 0.05) is 24.7 Å². The maximum absolute atomic E-state index is 4.65. The van der Waals surface area contributed by atoms with Crippen LogP contribution in [0.15, 0.2) is 0 Å². The van der Waals surface area contributed by atoms with Crippen LogP contribution in [0.25, 0.3) is 0 Å². The van der Waals surface area contributed by atoms with E-state index < -0.39 is 0 Å². The first kappa shape index (κ1) is 13.9. The van der Waals surface area contributed by atoms with Crippen LogP contribution in [0.2, 0.25) is 0 Å². The van der Waals surface area contributed by atoms with Gasteiger partial charge in [-0.1, -0.05) is 27.7 Å². The fourth-order valence-corrected chi connectivity index (χ4v) is 1.80. The predicted octanol–water partition coefficient (Wildman–Crippen LogP) is 3.37. The smallest absolute Gasteiger partial charge is 0.132 e. The summed E-state index contributed by atoms with van der Waals surface area (Å²) in [5.41, 5.74) is 2.67. The third-order valence-corrected chi connectivity index (χ3v) is 2.96. The number of aromatic nitrogens is 2. The first-order valence-electron chi connectivity index (χ1n) is 6.41. The SMILES string of the molecule is CCc1nc(CCC(C)(C)C)nc(NC)c1C. The Labute approximate surface area is 105 Å². The van der Waals surface area contributed by atoms with Crippen LogP contribution in [-0.2, 0) is 12.8 Å². The summed E-state index contributed by atoms with van der Waals surface area (Å²) in [5, 5.41) is 3.16. The van der Waals surface area contributed by atoms with Crippen molar-refractivity contribution in [2.24, 2.45) is 5.41 Å². The van der Waals surface area contributed by atoms with Crippen LogP contribution in [-0.4, -0.2) is 17.0 Å². The third kappa shape index (κ3) is 3.99. The monoisotopic (exact) mass is 235 g/mol. The molecule has 1 aromatic rings. The number of nitrogens with one attached hydrogen (secondary N) is 1. The number of rotatable bonds is 4. The minimum absolute atomic E-state index is 0.334. The molecule has 96 valence electrons. The van der Waals surface area contributed by atoms with Gasteiger partial charge in [0.2, 0.25) is 0 Å². The second-order valence-corrected chi connectivity index (χ2v) is 5.72. The zero-order valence-electron chi connectivity index (χ0n) is 12.0. The van der Waals surface area contributed by atoms with Gasteiger partial charge in [-0.15, -0.1) is 0 Å². The van der Waals surface area contributed by atoms with E-state index in [9.17, 15) is 0 Å². The maximum Gasteiger partial charge on any atom is 0.132 e. The summed E-state index contributed by atoms with van der Waals surface area (Å²) in [6.07, 6.45) is 3.03. The Morgan fingerprint density at radius 2 is 1.82 bits per heavy atom. The molecule has 0 aromatic carbocycles. The molecule has 1 heterocycles. The first-order chi connectivity index (χ1) is 7.87. The molecule has 0 aliphatic carbocycles. The molecule has 0 amide bonds. The molecule has 0 aliphatic heterocycles. The Morgan fingerprint density at radius 1 is 1.18 bits per heavy atom. The maximum atomic E-state index is 4.65. The number of hydrogen-bond acceptors (Lipinski definition) is 3. The molecule has 0 bridgehead atoms. The van der Waals surface area contributed by atoms with E-state index in [1.807, 2.05) is 7.05 Å². The van der Waals surface area contributed by atoms with Gasteiger partial charge in [-0.2, -0.15) is 0 Å². The second-order valence-electron chi connectivity index (χ2n) is 5.72. The summed E-state index contributed by atoms with van der Waals surface area (Å²) in [6.45, 7) is 11.0. The van der Waals surface area contributed by atoms with Crippen molar-refractivity contribution in [3.05, 3.63) is 17.1 Å². The largest absolute Gasteiger partial charge is 0.373 e. The highest BCUT2D eigenvalue weighted by Crippen LogP contribution is 2.22. The van der Waals surface area contributed by atoms with Crippen LogP contribution in [0, 0.1) is 12.3 Å². The molecule has 0 saturated carbocycles. The molecule has 0 saturated heterocycles. The van der Waals surface area contributed by atoms with Crippen molar-refractivity contribution in [3.8, 4) is 0 Å². The fourth-order valence-electron chi connectivity index (χ4n) is 1.80. The minimum Gasteiger partial charge on any atom is -0.373 e. The molecule has 0 fully saturated rings. The lowest BCUT2D eigenvalue weighted by molar-refractivity contribution is 0.374. The van der Waals surface area contributed by atoms with E-state index in [0.29, 0.717) is 5.41 Å². The van der Waals surface area contributed by atoms with E-state index in [2.05, 4.69) is 49.9 Å². The van der Waals surface area contributed by atoms with Gasteiger partial charge < -0.3 is 5.32 Å². The van der Waals surface area contributed by atoms with E-state index in [1.165, 1.54) is 5.56 Å². The Kier molecular flexibility index (Phi) is 4.49. The molecule has 1 aromatic heterocycles. The van der Waals surface area contributed by atoms with Gasteiger partial charge in [0.15, 0.2) is 0 Å². The summed E-state index contributed by atoms with van der Waals surface area (Å²) >= 11 is 0. The predicted molar refractivity (Wildman–Crippen MR) is 73.5 cm³/mol. The minimum atomic E-state index is 0.334. The van der Waals surface area contributed by atoms with Gasteiger partial charge in [-0.25, -0.2) is 9.97 Å². The molecule has 0 unspecified atom stereocenters. The molecule has 0 atom stereocenters. The zero-order chi connectivity index (χ0) is 13.1. The molecule has 0 aliphatic rings. The molecule has 0 radical (unpaired) electrons. The second kappa shape index (κ2) is 5.48. The normalized spacial score (nSPS) is 11.6. The Balaban J connectivity index is 2.93. The Bertz CT molecular complexity index is 353. The number of hydrogen-bond donors (Lipinski definition) is 1. The summed E-state index contributed by atoms with van der Waals surface area (Å²) < 4.78 is 0. The van der Waals surface area contributed by atoms with Crippen LogP contribution in [0.1, 0.15) is 51.2 Å². The highest BCUT2D eigenvalue weighted by molar-refractivity contribution is 5.45. The number of nitrogens with zero attached hydrogens (tertiary/aromatic N) is 2. The molecule has 17 heavy (non-hydrogen) atoms.